The van der Waals surface area contributed by atoms with Gasteiger partial charge in [0.15, 0.2) is 11.9 Å². The summed E-state index contributed by atoms with van der Waals surface area (Å²) in [6, 6.07) is 7.74. The van der Waals surface area contributed by atoms with Gasteiger partial charge < -0.3 is 4.74 Å². The van der Waals surface area contributed by atoms with Gasteiger partial charge in [0.2, 0.25) is 10.0 Å². The molecule has 144 valence electrons. The summed E-state index contributed by atoms with van der Waals surface area (Å²) in [4.78, 5) is 24.3. The lowest BCUT2D eigenvalue weighted by Crippen LogP contribution is -2.41. The Hall–Kier alpha value is -2.24. The summed E-state index contributed by atoms with van der Waals surface area (Å²) in [6.45, 7) is 0.446. The van der Waals surface area contributed by atoms with Gasteiger partial charge in [-0.2, -0.15) is 9.57 Å². The Bertz CT molecular complexity index is 849. The molecule has 0 spiro atoms. The second-order valence-electron chi connectivity index (χ2n) is 6.95. The van der Waals surface area contributed by atoms with Gasteiger partial charge in [0.05, 0.1) is 22.4 Å². The van der Waals surface area contributed by atoms with Crippen LogP contribution in [0.4, 0.5) is 0 Å². The van der Waals surface area contributed by atoms with Crippen molar-refractivity contribution in [2.45, 2.75) is 49.5 Å². The lowest BCUT2D eigenvalue weighted by atomic mass is 9.95. The van der Waals surface area contributed by atoms with Crippen molar-refractivity contribution in [3.05, 3.63) is 29.8 Å². The first-order valence-corrected chi connectivity index (χ1v) is 10.6. The molecule has 8 heteroatoms. The molecule has 1 aliphatic heterocycles. The van der Waals surface area contributed by atoms with Crippen LogP contribution < -0.4 is 0 Å². The van der Waals surface area contributed by atoms with Crippen LogP contribution in [0, 0.1) is 17.2 Å². The minimum atomic E-state index is -3.65. The highest BCUT2D eigenvalue weighted by Gasteiger charge is 2.35. The molecule has 0 amide bonds. The van der Waals surface area contributed by atoms with Crippen molar-refractivity contribution in [1.29, 1.82) is 5.26 Å². The predicted molar refractivity (Wildman–Crippen MR) is 96.0 cm³/mol. The van der Waals surface area contributed by atoms with Crippen molar-refractivity contribution in [2.75, 3.05) is 13.1 Å². The first-order valence-electron chi connectivity index (χ1n) is 9.15. The maximum atomic E-state index is 12.7. The summed E-state index contributed by atoms with van der Waals surface area (Å²) in [5.41, 5.74) is 0.396. The zero-order chi connectivity index (χ0) is 19.4. The highest BCUT2D eigenvalue weighted by atomic mass is 32.2. The Morgan fingerprint density at radius 2 is 1.78 bits per heavy atom. The minimum absolute atomic E-state index is 0.0181. The lowest BCUT2D eigenvalue weighted by molar-refractivity contribution is -0.161. The van der Waals surface area contributed by atoms with Crippen LogP contribution in [0.5, 0.6) is 0 Å². The molecule has 2 aliphatic rings. The average Bonchev–Trinajstić information content (AvgIpc) is 2.70. The Balaban J connectivity index is 1.58. The molecule has 1 heterocycles. The number of hydrogen-bond donors (Lipinski definition) is 0. The standard InChI is InChI=1S/C19H22N2O5S/c20-13-14-5-7-16(8-6-14)27(24,25)21-11-9-15(10-12-21)19(23)26-18-4-2-1-3-17(18)22/h5-8,15,18H,1-4,9-12H2/t18-/m1/s1. The number of ether oxygens (including phenoxy) is 1. The third-order valence-corrected chi connectivity index (χ3v) is 7.08. The van der Waals surface area contributed by atoms with Gasteiger partial charge in [0.25, 0.3) is 0 Å². The maximum absolute atomic E-state index is 12.7. The van der Waals surface area contributed by atoms with Gasteiger partial charge in [-0.25, -0.2) is 8.42 Å². The minimum Gasteiger partial charge on any atom is -0.454 e. The van der Waals surface area contributed by atoms with E-state index >= 15 is 0 Å². The molecule has 1 aromatic rings. The van der Waals surface area contributed by atoms with Crippen molar-refractivity contribution in [3.63, 3.8) is 0 Å². The molecular weight excluding hydrogens is 368 g/mol. The van der Waals surface area contributed by atoms with E-state index in [0.29, 0.717) is 31.2 Å². The molecule has 3 rings (SSSR count). The molecule has 1 atom stereocenters. The summed E-state index contributed by atoms with van der Waals surface area (Å²) in [5.74, 6) is -0.798. The first kappa shape index (κ1) is 19.5. The van der Waals surface area contributed by atoms with Gasteiger partial charge >= 0.3 is 5.97 Å². The number of nitrogens with zero attached hydrogens (tertiary/aromatic N) is 2. The zero-order valence-corrected chi connectivity index (χ0v) is 15.8. The Morgan fingerprint density at radius 1 is 1.11 bits per heavy atom. The molecule has 27 heavy (non-hydrogen) atoms. The van der Waals surface area contributed by atoms with E-state index in [1.54, 1.807) is 0 Å². The molecule has 1 saturated carbocycles. The average molecular weight is 390 g/mol. The van der Waals surface area contributed by atoms with Crippen LogP contribution in [0.2, 0.25) is 0 Å². The van der Waals surface area contributed by atoms with Crippen molar-refractivity contribution in [1.82, 2.24) is 4.31 Å². The summed E-state index contributed by atoms with van der Waals surface area (Å²) >= 11 is 0. The van der Waals surface area contributed by atoms with E-state index in [9.17, 15) is 18.0 Å². The van der Waals surface area contributed by atoms with Crippen molar-refractivity contribution >= 4 is 21.8 Å². The van der Waals surface area contributed by atoms with Crippen LogP contribution in [0.1, 0.15) is 44.1 Å². The number of Topliss-reactive ketones (excluding diaryl/α,β-unsaturated/α-hetero) is 1. The molecule has 1 aromatic carbocycles. The van der Waals surface area contributed by atoms with Crippen LogP contribution >= 0.6 is 0 Å². The van der Waals surface area contributed by atoms with Gasteiger partial charge in [-0.1, -0.05) is 0 Å². The second-order valence-corrected chi connectivity index (χ2v) is 8.89. The van der Waals surface area contributed by atoms with E-state index in [1.807, 2.05) is 6.07 Å². The van der Waals surface area contributed by atoms with Gasteiger partial charge in [-0.3, -0.25) is 9.59 Å². The van der Waals surface area contributed by atoms with E-state index in [4.69, 9.17) is 10.00 Å². The largest absolute Gasteiger partial charge is 0.454 e. The highest BCUT2D eigenvalue weighted by molar-refractivity contribution is 7.89. The topological polar surface area (TPSA) is 105 Å². The van der Waals surface area contributed by atoms with Gasteiger partial charge in [-0.15, -0.1) is 0 Å². The van der Waals surface area contributed by atoms with Crippen LogP contribution in [0.3, 0.4) is 0 Å². The maximum Gasteiger partial charge on any atom is 0.309 e. The van der Waals surface area contributed by atoms with Crippen molar-refractivity contribution in [2.24, 2.45) is 5.92 Å². The van der Waals surface area contributed by atoms with E-state index in [-0.39, 0.29) is 29.7 Å². The van der Waals surface area contributed by atoms with Gasteiger partial charge in [0, 0.05) is 19.5 Å². The fourth-order valence-electron chi connectivity index (χ4n) is 3.49. The summed E-state index contributed by atoms with van der Waals surface area (Å²) in [5, 5.41) is 8.82. The number of nitriles is 1. The second kappa shape index (κ2) is 8.19. The number of esters is 1. The van der Waals surface area contributed by atoms with Gasteiger partial charge in [-0.05, 0) is 56.4 Å². The van der Waals surface area contributed by atoms with E-state index < -0.39 is 22.1 Å². The van der Waals surface area contributed by atoms with Crippen LogP contribution in [-0.4, -0.2) is 43.7 Å². The number of carbonyl (C=O) groups excluding carboxylic acids is 2. The number of piperidine rings is 1. The number of hydrogen-bond acceptors (Lipinski definition) is 6. The highest BCUT2D eigenvalue weighted by Crippen LogP contribution is 2.26. The Labute approximate surface area is 159 Å². The quantitative estimate of drug-likeness (QED) is 0.729. The number of sulfonamides is 1. The van der Waals surface area contributed by atoms with E-state index in [2.05, 4.69) is 0 Å². The monoisotopic (exact) mass is 390 g/mol. The normalized spacial score (nSPS) is 22.2. The molecule has 0 aromatic heterocycles. The molecular formula is C19H22N2O5S. The lowest BCUT2D eigenvalue weighted by Gasteiger charge is -2.31. The van der Waals surface area contributed by atoms with Crippen molar-refractivity contribution in [3.8, 4) is 6.07 Å². The van der Waals surface area contributed by atoms with Crippen LogP contribution in [-0.2, 0) is 24.3 Å². The molecule has 1 saturated heterocycles. The van der Waals surface area contributed by atoms with Crippen molar-refractivity contribution < 1.29 is 22.7 Å². The van der Waals surface area contributed by atoms with E-state index in [0.717, 1.165) is 12.8 Å². The third kappa shape index (κ3) is 4.37. The van der Waals surface area contributed by atoms with Crippen LogP contribution in [0.15, 0.2) is 29.2 Å². The Kier molecular flexibility index (Phi) is 5.92. The molecule has 2 fully saturated rings. The molecule has 1 aliphatic carbocycles. The van der Waals surface area contributed by atoms with Crippen LogP contribution in [0.25, 0.3) is 0 Å². The summed E-state index contributed by atoms with van der Waals surface area (Å²) in [7, 11) is -3.65. The Morgan fingerprint density at radius 3 is 2.37 bits per heavy atom. The predicted octanol–water partition coefficient (Wildman–Crippen LogP) is 2.01. The molecule has 0 bridgehead atoms. The number of carbonyl (C=O) groups is 2. The SMILES string of the molecule is N#Cc1ccc(S(=O)(=O)N2CCC(C(=O)O[C@@H]3CCCCC3=O)CC2)cc1. The summed E-state index contributed by atoms with van der Waals surface area (Å²) in [6.07, 6.45) is 2.87. The molecule has 0 N–H and O–H groups in total. The fraction of sp³-hybridized carbons (Fsp3) is 0.526. The first-order chi connectivity index (χ1) is 12.9. The number of benzene rings is 1. The smallest absolute Gasteiger partial charge is 0.309 e. The number of ketones is 1. The number of rotatable bonds is 4. The zero-order valence-electron chi connectivity index (χ0n) is 15.0. The molecule has 7 nitrogen and oxygen atoms in total. The molecule has 0 unspecified atom stereocenters. The van der Waals surface area contributed by atoms with Gasteiger partial charge in [0.1, 0.15) is 0 Å². The summed E-state index contributed by atoms with van der Waals surface area (Å²) < 4.78 is 32.1. The fourth-order valence-corrected chi connectivity index (χ4v) is 4.96. The molecule has 0 radical (unpaired) electrons. The van der Waals surface area contributed by atoms with E-state index in [1.165, 1.54) is 28.6 Å². The third-order valence-electron chi connectivity index (χ3n) is 5.17.